The van der Waals surface area contributed by atoms with Crippen LogP contribution in [0.1, 0.15) is 44.2 Å². The maximum atomic E-state index is 13.1. The number of rotatable bonds is 4. The fourth-order valence-corrected chi connectivity index (χ4v) is 3.07. The van der Waals surface area contributed by atoms with Crippen LogP contribution in [-0.4, -0.2) is 19.1 Å². The van der Waals surface area contributed by atoms with Crippen LogP contribution in [-0.2, 0) is 12.7 Å². The molecule has 0 unspecified atom stereocenters. The van der Waals surface area contributed by atoms with E-state index in [0.717, 1.165) is 37.7 Å². The molecule has 2 rings (SSSR count). The standard InChI is InChI=1S/C16H22ClF3N2/c1-11(2)21-10-12-14(22-8-4-3-5-9-22)7-6-13(15(12)17)16(18,19)20/h6-7,11,21H,3-5,8-10H2,1-2H3. The minimum atomic E-state index is -4.43. The maximum Gasteiger partial charge on any atom is 0.417 e. The average Bonchev–Trinajstić information content (AvgIpc) is 2.45. The van der Waals surface area contributed by atoms with Gasteiger partial charge in [-0.2, -0.15) is 13.2 Å². The Kier molecular flexibility index (Phi) is 5.61. The van der Waals surface area contributed by atoms with E-state index in [4.69, 9.17) is 11.6 Å². The van der Waals surface area contributed by atoms with E-state index in [-0.39, 0.29) is 11.1 Å². The summed E-state index contributed by atoms with van der Waals surface area (Å²) in [7, 11) is 0. The fourth-order valence-electron chi connectivity index (χ4n) is 2.74. The Balaban J connectivity index is 2.40. The summed E-state index contributed by atoms with van der Waals surface area (Å²) in [5, 5.41) is 3.01. The highest BCUT2D eigenvalue weighted by atomic mass is 35.5. The van der Waals surface area contributed by atoms with Crippen LogP contribution in [0.25, 0.3) is 0 Å². The largest absolute Gasteiger partial charge is 0.417 e. The molecule has 2 nitrogen and oxygen atoms in total. The quantitative estimate of drug-likeness (QED) is 0.847. The van der Waals surface area contributed by atoms with Gasteiger partial charge in [-0.05, 0) is 31.4 Å². The summed E-state index contributed by atoms with van der Waals surface area (Å²) in [6.45, 7) is 6.00. The number of alkyl halides is 3. The van der Waals surface area contributed by atoms with Crippen molar-refractivity contribution < 1.29 is 13.2 Å². The zero-order valence-corrected chi connectivity index (χ0v) is 13.7. The first-order valence-electron chi connectivity index (χ1n) is 7.67. The van der Waals surface area contributed by atoms with E-state index in [0.29, 0.717) is 12.1 Å². The number of nitrogens with one attached hydrogen (secondary N) is 1. The Labute approximate surface area is 134 Å². The molecule has 124 valence electrons. The first-order chi connectivity index (χ1) is 10.3. The summed E-state index contributed by atoms with van der Waals surface area (Å²) < 4.78 is 39.2. The fraction of sp³-hybridized carbons (Fsp3) is 0.625. The maximum absolute atomic E-state index is 13.1. The summed E-state index contributed by atoms with van der Waals surface area (Å²) in [4.78, 5) is 2.15. The van der Waals surface area contributed by atoms with E-state index in [2.05, 4.69) is 10.2 Å². The Bertz CT molecular complexity index is 509. The molecule has 0 amide bonds. The van der Waals surface area contributed by atoms with Crippen molar-refractivity contribution in [1.82, 2.24) is 5.32 Å². The number of nitrogens with zero attached hydrogens (tertiary/aromatic N) is 1. The third kappa shape index (κ3) is 4.07. The van der Waals surface area contributed by atoms with Gasteiger partial charge in [-0.25, -0.2) is 0 Å². The predicted molar refractivity (Wildman–Crippen MR) is 84.5 cm³/mol. The zero-order chi connectivity index (χ0) is 16.3. The molecule has 1 saturated heterocycles. The van der Waals surface area contributed by atoms with Crippen LogP contribution in [0.4, 0.5) is 18.9 Å². The van der Waals surface area contributed by atoms with Crippen LogP contribution in [0.3, 0.4) is 0 Å². The average molecular weight is 335 g/mol. The molecule has 0 aromatic heterocycles. The number of benzene rings is 1. The van der Waals surface area contributed by atoms with Gasteiger partial charge in [0.05, 0.1) is 10.6 Å². The second kappa shape index (κ2) is 7.09. The number of halogens is 4. The zero-order valence-electron chi connectivity index (χ0n) is 12.9. The molecule has 1 aromatic carbocycles. The topological polar surface area (TPSA) is 15.3 Å². The molecular weight excluding hydrogens is 313 g/mol. The smallest absolute Gasteiger partial charge is 0.371 e. The van der Waals surface area contributed by atoms with Gasteiger partial charge >= 0.3 is 6.18 Å². The number of anilines is 1. The van der Waals surface area contributed by atoms with E-state index < -0.39 is 11.7 Å². The van der Waals surface area contributed by atoms with Crippen molar-refractivity contribution in [2.45, 2.75) is 51.9 Å². The van der Waals surface area contributed by atoms with E-state index in [1.54, 1.807) is 6.07 Å². The molecule has 0 atom stereocenters. The Morgan fingerprint density at radius 2 is 1.82 bits per heavy atom. The molecule has 1 aromatic rings. The third-order valence-electron chi connectivity index (χ3n) is 3.91. The van der Waals surface area contributed by atoms with Crippen LogP contribution in [0.2, 0.25) is 5.02 Å². The Morgan fingerprint density at radius 3 is 2.36 bits per heavy atom. The van der Waals surface area contributed by atoms with Gasteiger partial charge in [0.15, 0.2) is 0 Å². The van der Waals surface area contributed by atoms with Gasteiger partial charge in [0.2, 0.25) is 0 Å². The number of hydrogen-bond acceptors (Lipinski definition) is 2. The summed E-state index contributed by atoms with van der Waals surface area (Å²) in [5.41, 5.74) is 0.619. The lowest BCUT2D eigenvalue weighted by molar-refractivity contribution is -0.137. The Morgan fingerprint density at radius 1 is 1.18 bits per heavy atom. The first kappa shape index (κ1) is 17.4. The van der Waals surface area contributed by atoms with Crippen LogP contribution in [0, 0.1) is 0 Å². The molecule has 0 radical (unpaired) electrons. The van der Waals surface area contributed by atoms with Crippen LogP contribution < -0.4 is 10.2 Å². The van der Waals surface area contributed by atoms with E-state index in [1.165, 1.54) is 6.42 Å². The van der Waals surface area contributed by atoms with Crippen molar-refractivity contribution in [3.05, 3.63) is 28.3 Å². The lowest BCUT2D eigenvalue weighted by Crippen LogP contribution is -2.32. The predicted octanol–water partition coefficient (Wildman–Crippen LogP) is 4.85. The monoisotopic (exact) mass is 334 g/mol. The molecule has 22 heavy (non-hydrogen) atoms. The first-order valence-corrected chi connectivity index (χ1v) is 8.05. The van der Waals surface area contributed by atoms with Crippen molar-refractivity contribution in [1.29, 1.82) is 0 Å². The number of hydrogen-bond donors (Lipinski definition) is 1. The molecule has 1 N–H and O–H groups in total. The minimum absolute atomic E-state index is 0.177. The molecule has 0 saturated carbocycles. The highest BCUT2D eigenvalue weighted by Gasteiger charge is 2.35. The second-order valence-corrected chi connectivity index (χ2v) is 6.38. The molecule has 0 spiro atoms. The highest BCUT2D eigenvalue weighted by molar-refractivity contribution is 6.32. The van der Waals surface area contributed by atoms with Crippen molar-refractivity contribution in [3.8, 4) is 0 Å². The summed E-state index contributed by atoms with van der Waals surface area (Å²) >= 11 is 6.11. The van der Waals surface area contributed by atoms with Crippen molar-refractivity contribution in [2.75, 3.05) is 18.0 Å². The van der Waals surface area contributed by atoms with E-state index in [1.807, 2.05) is 13.8 Å². The van der Waals surface area contributed by atoms with Crippen LogP contribution >= 0.6 is 11.6 Å². The van der Waals surface area contributed by atoms with Crippen molar-refractivity contribution >= 4 is 17.3 Å². The van der Waals surface area contributed by atoms with Gasteiger partial charge in [0, 0.05) is 36.9 Å². The Hall–Kier alpha value is -0.940. The van der Waals surface area contributed by atoms with Gasteiger partial charge in [-0.15, -0.1) is 0 Å². The molecule has 0 bridgehead atoms. The third-order valence-corrected chi connectivity index (χ3v) is 4.34. The lowest BCUT2D eigenvalue weighted by Gasteiger charge is -2.32. The molecule has 1 aliphatic heterocycles. The highest BCUT2D eigenvalue weighted by Crippen LogP contribution is 2.40. The molecule has 1 heterocycles. The number of piperidine rings is 1. The normalized spacial score (nSPS) is 16.4. The van der Waals surface area contributed by atoms with Crippen molar-refractivity contribution in [2.24, 2.45) is 0 Å². The molecular formula is C16H22ClF3N2. The van der Waals surface area contributed by atoms with E-state index in [9.17, 15) is 13.2 Å². The molecule has 6 heteroatoms. The molecule has 1 aliphatic rings. The van der Waals surface area contributed by atoms with Gasteiger partial charge in [0.1, 0.15) is 0 Å². The molecule has 1 fully saturated rings. The summed E-state index contributed by atoms with van der Waals surface area (Å²) in [6.07, 6.45) is -1.13. The van der Waals surface area contributed by atoms with Crippen LogP contribution in [0.5, 0.6) is 0 Å². The second-order valence-electron chi connectivity index (χ2n) is 6.01. The van der Waals surface area contributed by atoms with Gasteiger partial charge < -0.3 is 10.2 Å². The summed E-state index contributed by atoms with van der Waals surface area (Å²) in [6, 6.07) is 2.85. The lowest BCUT2D eigenvalue weighted by atomic mass is 10.0. The SMILES string of the molecule is CC(C)NCc1c(N2CCCCC2)ccc(C(F)(F)F)c1Cl. The van der Waals surface area contributed by atoms with Crippen molar-refractivity contribution in [3.63, 3.8) is 0 Å². The van der Waals surface area contributed by atoms with Gasteiger partial charge in [-0.3, -0.25) is 0 Å². The van der Waals surface area contributed by atoms with Gasteiger partial charge in [-0.1, -0.05) is 25.4 Å². The van der Waals surface area contributed by atoms with Crippen LogP contribution in [0.15, 0.2) is 12.1 Å². The molecule has 0 aliphatic carbocycles. The minimum Gasteiger partial charge on any atom is -0.371 e. The summed E-state index contributed by atoms with van der Waals surface area (Å²) in [5.74, 6) is 0. The van der Waals surface area contributed by atoms with Gasteiger partial charge in [0.25, 0.3) is 0 Å². The van der Waals surface area contributed by atoms with E-state index >= 15 is 0 Å².